The van der Waals surface area contributed by atoms with E-state index < -0.39 is 0 Å². The lowest BCUT2D eigenvalue weighted by atomic mass is 9.97. The quantitative estimate of drug-likeness (QED) is 0.798. The lowest BCUT2D eigenvalue weighted by molar-refractivity contribution is 0.0683. The average molecular weight is 410 g/mol. The Balaban J connectivity index is 0.00000169. The van der Waals surface area contributed by atoms with Gasteiger partial charge in [-0.15, -0.1) is 12.4 Å². The van der Waals surface area contributed by atoms with Crippen LogP contribution in [0, 0.1) is 0 Å². The van der Waals surface area contributed by atoms with Crippen LogP contribution in [0.3, 0.4) is 0 Å². The summed E-state index contributed by atoms with van der Waals surface area (Å²) in [4.78, 5) is 15.1. The maximum atomic E-state index is 13.1. The highest BCUT2D eigenvalue weighted by atomic mass is 79.9. The van der Waals surface area contributed by atoms with E-state index in [1.54, 1.807) is 0 Å². The fourth-order valence-electron chi connectivity index (χ4n) is 4.15. The predicted molar refractivity (Wildman–Crippen MR) is 104 cm³/mol. The summed E-state index contributed by atoms with van der Waals surface area (Å²) in [7, 11) is 1.97. The van der Waals surface area contributed by atoms with Crippen molar-refractivity contribution in [1.29, 1.82) is 0 Å². The minimum atomic E-state index is 0. The van der Waals surface area contributed by atoms with Crippen molar-refractivity contribution in [2.75, 3.05) is 7.05 Å². The minimum Gasteiger partial charge on any atom is -0.339 e. The first-order chi connectivity index (χ1) is 11.1. The van der Waals surface area contributed by atoms with Gasteiger partial charge in [-0.25, -0.2) is 0 Å². The van der Waals surface area contributed by atoms with E-state index in [0.717, 1.165) is 33.7 Å². The number of amides is 1. The fraction of sp³-hybridized carbons (Fsp3) is 0.421. The maximum absolute atomic E-state index is 13.1. The number of rotatable bonds is 2. The number of fused-ring (bicyclic) bond motifs is 3. The van der Waals surface area contributed by atoms with Gasteiger partial charge in [0, 0.05) is 35.2 Å². The molecule has 2 atom stereocenters. The van der Waals surface area contributed by atoms with Gasteiger partial charge in [-0.2, -0.15) is 0 Å². The van der Waals surface area contributed by atoms with Crippen LogP contribution in [-0.4, -0.2) is 36.0 Å². The van der Waals surface area contributed by atoms with Crippen LogP contribution in [0.25, 0.3) is 10.8 Å². The molecule has 24 heavy (non-hydrogen) atoms. The number of nitrogens with zero attached hydrogens (tertiary/aromatic N) is 1. The number of hydrogen-bond donors (Lipinski definition) is 1. The van der Waals surface area contributed by atoms with E-state index in [2.05, 4.69) is 33.4 Å². The van der Waals surface area contributed by atoms with Crippen LogP contribution in [0.1, 0.15) is 36.0 Å². The molecule has 2 aliphatic rings. The molecule has 2 aromatic carbocycles. The first-order valence-electron chi connectivity index (χ1n) is 8.33. The zero-order valence-electron chi connectivity index (χ0n) is 13.7. The van der Waals surface area contributed by atoms with Crippen molar-refractivity contribution in [2.45, 2.75) is 43.8 Å². The van der Waals surface area contributed by atoms with E-state index >= 15 is 0 Å². The fourth-order valence-corrected chi connectivity index (χ4v) is 4.63. The standard InChI is InChI=1S/C19H21BrN2O.ClH/c1-22(16-10-14-6-7-15(11-16)21-14)19(23)18-9-13(20)8-12-4-2-3-5-17(12)18;/h2-5,8-9,14-16,21H,6-7,10-11H2,1H3;1H. The van der Waals surface area contributed by atoms with Gasteiger partial charge in [0.15, 0.2) is 0 Å². The molecule has 0 aliphatic carbocycles. The largest absolute Gasteiger partial charge is 0.339 e. The summed E-state index contributed by atoms with van der Waals surface area (Å²) in [5.41, 5.74) is 0.795. The number of carbonyl (C=O) groups is 1. The van der Waals surface area contributed by atoms with Gasteiger partial charge in [0.1, 0.15) is 0 Å². The molecule has 2 unspecified atom stereocenters. The monoisotopic (exact) mass is 408 g/mol. The molecule has 5 heteroatoms. The molecule has 2 fully saturated rings. The van der Waals surface area contributed by atoms with Gasteiger partial charge in [0.05, 0.1) is 0 Å². The molecular weight excluding hydrogens is 388 g/mol. The Labute approximate surface area is 157 Å². The molecule has 3 nitrogen and oxygen atoms in total. The van der Waals surface area contributed by atoms with Crippen LogP contribution in [0.5, 0.6) is 0 Å². The van der Waals surface area contributed by atoms with Gasteiger partial charge in [0.2, 0.25) is 0 Å². The number of halogens is 2. The summed E-state index contributed by atoms with van der Waals surface area (Å²) in [6.45, 7) is 0. The zero-order chi connectivity index (χ0) is 16.0. The first-order valence-corrected chi connectivity index (χ1v) is 9.12. The Bertz CT molecular complexity index is 754. The van der Waals surface area contributed by atoms with Crippen molar-refractivity contribution >= 4 is 45.0 Å². The Morgan fingerprint density at radius 2 is 1.83 bits per heavy atom. The SMILES string of the molecule is CN(C(=O)c1cc(Br)cc2ccccc12)C1CC2CCC(C1)N2.Cl. The summed E-state index contributed by atoms with van der Waals surface area (Å²) in [5.74, 6) is 0.133. The molecule has 2 aliphatic heterocycles. The predicted octanol–water partition coefficient (Wildman–Crippen LogP) is 4.38. The summed E-state index contributed by atoms with van der Waals surface area (Å²) in [6, 6.07) is 13.7. The molecule has 2 aromatic rings. The van der Waals surface area contributed by atoms with E-state index in [1.165, 1.54) is 12.8 Å². The van der Waals surface area contributed by atoms with E-state index in [-0.39, 0.29) is 18.3 Å². The second-order valence-electron chi connectivity index (χ2n) is 6.85. The lowest BCUT2D eigenvalue weighted by Crippen LogP contribution is -2.48. The van der Waals surface area contributed by atoms with E-state index in [9.17, 15) is 4.79 Å². The van der Waals surface area contributed by atoms with Gasteiger partial charge in [-0.05, 0) is 48.6 Å². The van der Waals surface area contributed by atoms with E-state index in [4.69, 9.17) is 0 Å². The molecule has 1 amide bonds. The van der Waals surface area contributed by atoms with Crippen LogP contribution < -0.4 is 5.32 Å². The second kappa shape index (κ2) is 7.03. The molecule has 2 heterocycles. The van der Waals surface area contributed by atoms with Crippen LogP contribution in [0.4, 0.5) is 0 Å². The molecule has 0 aromatic heterocycles. The van der Waals surface area contributed by atoms with Crippen molar-refractivity contribution in [1.82, 2.24) is 10.2 Å². The Hall–Kier alpha value is -1.10. The highest BCUT2D eigenvalue weighted by molar-refractivity contribution is 9.10. The van der Waals surface area contributed by atoms with Crippen LogP contribution >= 0.6 is 28.3 Å². The highest BCUT2D eigenvalue weighted by Gasteiger charge is 2.36. The zero-order valence-corrected chi connectivity index (χ0v) is 16.1. The maximum Gasteiger partial charge on any atom is 0.254 e. The number of benzene rings is 2. The highest BCUT2D eigenvalue weighted by Crippen LogP contribution is 2.31. The molecule has 128 valence electrons. The van der Waals surface area contributed by atoms with Crippen molar-refractivity contribution in [3.05, 3.63) is 46.4 Å². The van der Waals surface area contributed by atoms with E-state index in [1.807, 2.05) is 36.2 Å². The third-order valence-electron chi connectivity index (χ3n) is 5.37. The van der Waals surface area contributed by atoms with Crippen molar-refractivity contribution in [3.8, 4) is 0 Å². The molecule has 2 saturated heterocycles. The Kier molecular flexibility index (Phi) is 5.19. The van der Waals surface area contributed by atoms with Crippen molar-refractivity contribution in [2.24, 2.45) is 0 Å². The van der Waals surface area contributed by atoms with Gasteiger partial charge >= 0.3 is 0 Å². The average Bonchev–Trinajstić information content (AvgIpc) is 2.90. The summed E-state index contributed by atoms with van der Waals surface area (Å²) in [6.07, 6.45) is 4.65. The van der Waals surface area contributed by atoms with Crippen LogP contribution in [0.15, 0.2) is 40.9 Å². The molecular formula is C19H22BrClN2O. The number of hydrogen-bond acceptors (Lipinski definition) is 2. The number of nitrogens with one attached hydrogen (secondary N) is 1. The summed E-state index contributed by atoms with van der Waals surface area (Å²) in [5, 5.41) is 5.78. The van der Waals surface area contributed by atoms with Crippen LogP contribution in [-0.2, 0) is 0 Å². The minimum absolute atomic E-state index is 0. The van der Waals surface area contributed by atoms with Gasteiger partial charge in [-0.3, -0.25) is 4.79 Å². The summed E-state index contributed by atoms with van der Waals surface area (Å²) >= 11 is 3.55. The van der Waals surface area contributed by atoms with Crippen molar-refractivity contribution in [3.63, 3.8) is 0 Å². The second-order valence-corrected chi connectivity index (χ2v) is 7.77. The summed E-state index contributed by atoms with van der Waals surface area (Å²) < 4.78 is 0.957. The molecule has 0 radical (unpaired) electrons. The molecule has 0 saturated carbocycles. The number of piperidine rings is 1. The number of carbonyl (C=O) groups excluding carboxylic acids is 1. The Morgan fingerprint density at radius 3 is 2.54 bits per heavy atom. The molecule has 1 N–H and O–H groups in total. The smallest absolute Gasteiger partial charge is 0.254 e. The van der Waals surface area contributed by atoms with Crippen molar-refractivity contribution < 1.29 is 4.79 Å². The molecule has 0 spiro atoms. The normalized spacial score (nSPS) is 25.3. The van der Waals surface area contributed by atoms with Crippen LogP contribution in [0.2, 0.25) is 0 Å². The molecule has 4 rings (SSSR count). The molecule has 2 bridgehead atoms. The first kappa shape index (κ1) is 17.7. The third kappa shape index (κ3) is 3.19. The third-order valence-corrected chi connectivity index (χ3v) is 5.83. The van der Waals surface area contributed by atoms with Gasteiger partial charge < -0.3 is 10.2 Å². The van der Waals surface area contributed by atoms with Gasteiger partial charge in [-0.1, -0.05) is 40.2 Å². The van der Waals surface area contributed by atoms with E-state index in [0.29, 0.717) is 18.1 Å². The lowest BCUT2D eigenvalue weighted by Gasteiger charge is -2.35. The topological polar surface area (TPSA) is 32.3 Å². The van der Waals surface area contributed by atoms with Gasteiger partial charge in [0.25, 0.3) is 5.91 Å². The Morgan fingerprint density at radius 1 is 1.17 bits per heavy atom.